The summed E-state index contributed by atoms with van der Waals surface area (Å²) in [6.07, 6.45) is 23.2. The Morgan fingerprint density at radius 3 is 0.900 bits per heavy atom. The van der Waals surface area contributed by atoms with Gasteiger partial charge in [0.2, 0.25) is 0 Å². The van der Waals surface area contributed by atoms with Crippen LogP contribution < -0.4 is 0 Å². The lowest BCUT2D eigenvalue weighted by Gasteiger charge is -2.18. The molecule has 0 nitrogen and oxygen atoms in total. The molecule has 0 aromatic carbocycles. The number of rotatable bonds is 21. The normalized spacial score (nSPS) is 16.2. The average molecular weight is 423 g/mol. The van der Waals surface area contributed by atoms with E-state index in [1.165, 1.54) is 103 Å². The molecule has 0 aliphatic rings. The second-order valence-electron chi connectivity index (χ2n) is 12.0. The third-order valence-electron chi connectivity index (χ3n) is 7.55. The molecule has 4 atom stereocenters. The van der Waals surface area contributed by atoms with E-state index in [2.05, 4.69) is 55.4 Å². The Kier molecular flexibility index (Phi) is 19.7. The molecule has 0 saturated heterocycles. The lowest BCUT2D eigenvalue weighted by molar-refractivity contribution is 0.345. The monoisotopic (exact) mass is 422 g/mol. The highest BCUT2D eigenvalue weighted by Crippen LogP contribution is 2.26. The lowest BCUT2D eigenvalue weighted by atomic mass is 9.88. The maximum Gasteiger partial charge on any atom is -0.0417 e. The molecule has 182 valence electrons. The first-order valence-electron chi connectivity index (χ1n) is 14.2. The molecule has 0 aliphatic heterocycles. The molecule has 0 aromatic heterocycles. The zero-order valence-corrected chi connectivity index (χ0v) is 22.8. The van der Waals surface area contributed by atoms with Crippen LogP contribution in [0.25, 0.3) is 0 Å². The fourth-order valence-corrected chi connectivity index (χ4v) is 5.06. The van der Waals surface area contributed by atoms with Crippen LogP contribution in [0.5, 0.6) is 0 Å². The molecule has 0 fully saturated rings. The van der Waals surface area contributed by atoms with Gasteiger partial charge in [0.05, 0.1) is 0 Å². The molecule has 30 heavy (non-hydrogen) atoms. The molecule has 0 heterocycles. The Bertz CT molecular complexity index is 342. The van der Waals surface area contributed by atoms with E-state index >= 15 is 0 Å². The molecule has 0 saturated carbocycles. The Morgan fingerprint density at radius 1 is 0.367 bits per heavy atom. The molecule has 0 amide bonds. The summed E-state index contributed by atoms with van der Waals surface area (Å²) in [6, 6.07) is 0. The minimum Gasteiger partial charge on any atom is -0.0651 e. The molecule has 0 heteroatoms. The summed E-state index contributed by atoms with van der Waals surface area (Å²) >= 11 is 0. The predicted molar refractivity (Wildman–Crippen MR) is 140 cm³/mol. The van der Waals surface area contributed by atoms with Gasteiger partial charge < -0.3 is 0 Å². The van der Waals surface area contributed by atoms with Gasteiger partial charge in [-0.25, -0.2) is 0 Å². The fourth-order valence-electron chi connectivity index (χ4n) is 5.06. The highest BCUT2D eigenvalue weighted by molar-refractivity contribution is 4.64. The summed E-state index contributed by atoms with van der Waals surface area (Å²) in [5, 5.41) is 0. The van der Waals surface area contributed by atoms with E-state index in [0.29, 0.717) is 0 Å². The van der Waals surface area contributed by atoms with Gasteiger partial charge in [0.25, 0.3) is 0 Å². The van der Waals surface area contributed by atoms with Gasteiger partial charge in [0, 0.05) is 0 Å². The summed E-state index contributed by atoms with van der Waals surface area (Å²) in [4.78, 5) is 0. The Labute approximate surface area is 193 Å². The van der Waals surface area contributed by atoms with Crippen molar-refractivity contribution in [2.24, 2.45) is 35.5 Å². The van der Waals surface area contributed by atoms with Crippen LogP contribution in [0.15, 0.2) is 0 Å². The molecule has 0 aliphatic carbocycles. The van der Waals surface area contributed by atoms with Crippen LogP contribution >= 0.6 is 0 Å². The van der Waals surface area contributed by atoms with E-state index in [1.54, 1.807) is 0 Å². The van der Waals surface area contributed by atoms with Crippen LogP contribution in [0.2, 0.25) is 0 Å². The second-order valence-corrected chi connectivity index (χ2v) is 12.0. The standard InChI is InChI=1S/C30H62/c1-9-30(23-13-21-28(7)18-11-16-26(4)5)24-14-22-29(8)20-12-19-27(6)17-10-15-25(2)3/h25-30H,9-24H2,1-8H3. The van der Waals surface area contributed by atoms with E-state index in [0.717, 1.165) is 35.5 Å². The van der Waals surface area contributed by atoms with E-state index in [1.807, 2.05) is 0 Å². The van der Waals surface area contributed by atoms with E-state index in [4.69, 9.17) is 0 Å². The van der Waals surface area contributed by atoms with E-state index < -0.39 is 0 Å². The maximum atomic E-state index is 2.50. The minimum atomic E-state index is 0.877. The molecule has 0 rings (SSSR count). The molecule has 0 radical (unpaired) electrons. The SMILES string of the molecule is CCC(CCCC(C)CCCC(C)C)CCCC(C)CCCC(C)CCCC(C)C. The van der Waals surface area contributed by atoms with Crippen molar-refractivity contribution in [2.45, 2.75) is 158 Å². The van der Waals surface area contributed by atoms with Crippen LogP contribution in [0.4, 0.5) is 0 Å². The third kappa shape index (κ3) is 19.9. The number of hydrogen-bond donors (Lipinski definition) is 0. The molecule has 0 aromatic rings. The number of hydrogen-bond acceptors (Lipinski definition) is 0. The quantitative estimate of drug-likeness (QED) is 0.172. The van der Waals surface area contributed by atoms with E-state index in [9.17, 15) is 0 Å². The van der Waals surface area contributed by atoms with Gasteiger partial charge in [0.1, 0.15) is 0 Å². The molecular formula is C30H62. The zero-order valence-electron chi connectivity index (χ0n) is 22.8. The van der Waals surface area contributed by atoms with Crippen LogP contribution in [-0.2, 0) is 0 Å². The maximum absolute atomic E-state index is 2.50. The van der Waals surface area contributed by atoms with Gasteiger partial charge in [-0.2, -0.15) is 0 Å². The minimum absolute atomic E-state index is 0.877. The molecule has 4 unspecified atom stereocenters. The molecule has 0 spiro atoms. The second kappa shape index (κ2) is 19.7. The van der Waals surface area contributed by atoms with Crippen LogP contribution in [-0.4, -0.2) is 0 Å². The van der Waals surface area contributed by atoms with Gasteiger partial charge in [-0.05, 0) is 35.5 Å². The summed E-state index contributed by atoms with van der Waals surface area (Å²) in [7, 11) is 0. The van der Waals surface area contributed by atoms with Gasteiger partial charge in [-0.15, -0.1) is 0 Å². The Hall–Kier alpha value is 0. The third-order valence-corrected chi connectivity index (χ3v) is 7.55. The van der Waals surface area contributed by atoms with Crippen molar-refractivity contribution in [3.8, 4) is 0 Å². The van der Waals surface area contributed by atoms with Crippen LogP contribution in [0.3, 0.4) is 0 Å². The van der Waals surface area contributed by atoms with Crippen molar-refractivity contribution in [2.75, 3.05) is 0 Å². The van der Waals surface area contributed by atoms with Crippen molar-refractivity contribution in [1.82, 2.24) is 0 Å². The summed E-state index contributed by atoms with van der Waals surface area (Å²) < 4.78 is 0. The summed E-state index contributed by atoms with van der Waals surface area (Å²) in [5.74, 6) is 5.55. The van der Waals surface area contributed by atoms with Gasteiger partial charge in [-0.3, -0.25) is 0 Å². The largest absolute Gasteiger partial charge is 0.0651 e. The highest BCUT2D eigenvalue weighted by Gasteiger charge is 2.11. The van der Waals surface area contributed by atoms with Gasteiger partial charge in [0.15, 0.2) is 0 Å². The average Bonchev–Trinajstić information content (AvgIpc) is 2.66. The van der Waals surface area contributed by atoms with Crippen molar-refractivity contribution in [1.29, 1.82) is 0 Å². The first-order valence-corrected chi connectivity index (χ1v) is 14.2. The molecule has 0 bridgehead atoms. The highest BCUT2D eigenvalue weighted by atomic mass is 14.2. The van der Waals surface area contributed by atoms with Crippen molar-refractivity contribution < 1.29 is 0 Å². The van der Waals surface area contributed by atoms with Crippen LogP contribution in [0.1, 0.15) is 158 Å². The van der Waals surface area contributed by atoms with Gasteiger partial charge in [-0.1, -0.05) is 158 Å². The fraction of sp³-hybridized carbons (Fsp3) is 1.00. The molecular weight excluding hydrogens is 360 g/mol. The van der Waals surface area contributed by atoms with Gasteiger partial charge >= 0.3 is 0 Å². The lowest BCUT2D eigenvalue weighted by Crippen LogP contribution is -2.04. The van der Waals surface area contributed by atoms with Crippen molar-refractivity contribution >= 4 is 0 Å². The van der Waals surface area contributed by atoms with E-state index in [-0.39, 0.29) is 0 Å². The first kappa shape index (κ1) is 30.0. The van der Waals surface area contributed by atoms with Crippen molar-refractivity contribution in [3.63, 3.8) is 0 Å². The summed E-state index contributed by atoms with van der Waals surface area (Å²) in [6.45, 7) is 19.3. The topological polar surface area (TPSA) is 0 Å². The Balaban J connectivity index is 3.71. The predicted octanol–water partition coefficient (Wildman–Crippen LogP) is 11.1. The first-order chi connectivity index (χ1) is 14.2. The summed E-state index contributed by atoms with van der Waals surface area (Å²) in [5.41, 5.74) is 0. The van der Waals surface area contributed by atoms with Crippen molar-refractivity contribution in [3.05, 3.63) is 0 Å². The molecule has 0 N–H and O–H groups in total. The smallest absolute Gasteiger partial charge is 0.0417 e. The Morgan fingerprint density at radius 2 is 0.633 bits per heavy atom. The zero-order chi connectivity index (χ0) is 22.8. The van der Waals surface area contributed by atoms with Crippen LogP contribution in [0, 0.1) is 35.5 Å².